The van der Waals surface area contributed by atoms with Crippen LogP contribution in [0.5, 0.6) is 0 Å². The van der Waals surface area contributed by atoms with Gasteiger partial charge in [0.25, 0.3) is 0 Å². The molecule has 1 aromatic rings. The molecule has 0 saturated heterocycles. The number of hydrogen-bond acceptors (Lipinski definition) is 3. The van der Waals surface area contributed by atoms with E-state index in [1.165, 1.54) is 24.3 Å². The molecule has 0 saturated carbocycles. The van der Waals surface area contributed by atoms with Crippen LogP contribution in [0.15, 0.2) is 30.3 Å². The van der Waals surface area contributed by atoms with Crippen molar-refractivity contribution in [2.24, 2.45) is 0 Å². The van der Waals surface area contributed by atoms with Crippen LogP contribution in [0.25, 0.3) is 0 Å². The third kappa shape index (κ3) is 2.27. The molecule has 2 N–H and O–H groups in total. The number of alkyl halides is 2. The molecule has 4 nitrogen and oxygen atoms in total. The molecule has 1 atom stereocenters. The van der Waals surface area contributed by atoms with Gasteiger partial charge in [-0.1, -0.05) is 30.3 Å². The lowest BCUT2D eigenvalue weighted by Crippen LogP contribution is -2.53. The summed E-state index contributed by atoms with van der Waals surface area (Å²) in [6.07, 6.45) is 0. The maximum Gasteiger partial charge on any atom is 0.378 e. The highest BCUT2D eigenvalue weighted by molar-refractivity contribution is 5.77. The second kappa shape index (κ2) is 4.77. The molecule has 0 aliphatic rings. The number of carboxylic acid groups (broad SMARTS) is 1. The first-order valence-corrected chi connectivity index (χ1v) is 4.74. The van der Waals surface area contributed by atoms with Gasteiger partial charge < -0.3 is 14.9 Å². The van der Waals surface area contributed by atoms with Crippen LogP contribution in [0.1, 0.15) is 5.56 Å². The van der Waals surface area contributed by atoms with Crippen LogP contribution >= 0.6 is 0 Å². The fourth-order valence-corrected chi connectivity index (χ4v) is 1.45. The molecule has 1 aromatic carbocycles. The molecule has 1 rings (SSSR count). The molecule has 0 radical (unpaired) electrons. The molecular formula is C11H12F2O4. The van der Waals surface area contributed by atoms with Gasteiger partial charge in [0.05, 0.1) is 6.61 Å². The summed E-state index contributed by atoms with van der Waals surface area (Å²) < 4.78 is 31.6. The number of aliphatic carboxylic acids is 1. The zero-order valence-corrected chi connectivity index (χ0v) is 9.06. The van der Waals surface area contributed by atoms with Crippen LogP contribution in [-0.4, -0.2) is 35.8 Å². The van der Waals surface area contributed by atoms with E-state index < -0.39 is 24.1 Å². The van der Waals surface area contributed by atoms with E-state index in [0.29, 0.717) is 0 Å². The van der Waals surface area contributed by atoms with Crippen LogP contribution in [0.2, 0.25) is 0 Å². The molecule has 0 aliphatic heterocycles. The molecule has 94 valence electrons. The van der Waals surface area contributed by atoms with Crippen LogP contribution < -0.4 is 0 Å². The molecule has 0 bridgehead atoms. The molecular weight excluding hydrogens is 234 g/mol. The van der Waals surface area contributed by atoms with Gasteiger partial charge >= 0.3 is 11.9 Å². The Labute approximate surface area is 96.5 Å². The third-order valence-electron chi connectivity index (χ3n) is 2.39. The summed E-state index contributed by atoms with van der Waals surface area (Å²) in [5.41, 5.74) is -3.11. The highest BCUT2D eigenvalue weighted by atomic mass is 19.3. The normalized spacial score (nSPS) is 15.3. The van der Waals surface area contributed by atoms with Gasteiger partial charge in [-0.05, 0) is 5.56 Å². The fourth-order valence-electron chi connectivity index (χ4n) is 1.45. The lowest BCUT2D eigenvalue weighted by molar-refractivity contribution is -0.224. The van der Waals surface area contributed by atoms with E-state index in [2.05, 4.69) is 4.74 Å². The van der Waals surface area contributed by atoms with Gasteiger partial charge in [0.15, 0.2) is 5.60 Å². The molecule has 0 heterocycles. The van der Waals surface area contributed by atoms with Gasteiger partial charge in [-0.2, -0.15) is 8.78 Å². The van der Waals surface area contributed by atoms with Gasteiger partial charge in [0, 0.05) is 7.11 Å². The first-order chi connectivity index (χ1) is 7.86. The highest BCUT2D eigenvalue weighted by Crippen LogP contribution is 2.38. The highest BCUT2D eigenvalue weighted by Gasteiger charge is 2.60. The standard InChI is InChI=1S/C11H12F2O4/c1-17-7-10(16,11(12,13)9(14)15)8-5-3-2-4-6-8/h2-6,16H,7H2,1H3,(H,14,15). The Morgan fingerprint density at radius 3 is 2.29 bits per heavy atom. The summed E-state index contributed by atoms with van der Waals surface area (Å²) in [5.74, 6) is -6.74. The second-order valence-corrected chi connectivity index (χ2v) is 3.54. The number of halogens is 2. The maximum atomic E-state index is 13.5. The van der Waals surface area contributed by atoms with Crippen molar-refractivity contribution in [2.45, 2.75) is 11.5 Å². The van der Waals surface area contributed by atoms with Gasteiger partial charge in [-0.25, -0.2) is 4.79 Å². The SMILES string of the molecule is COCC(O)(c1ccccc1)C(F)(F)C(=O)O. The number of hydrogen-bond donors (Lipinski definition) is 2. The minimum absolute atomic E-state index is 0.214. The molecule has 17 heavy (non-hydrogen) atoms. The Bertz CT molecular complexity index is 394. The van der Waals surface area contributed by atoms with Gasteiger partial charge in [-0.3, -0.25) is 0 Å². The lowest BCUT2D eigenvalue weighted by atomic mass is 9.88. The Balaban J connectivity index is 3.28. The molecule has 0 amide bonds. The predicted octanol–water partition coefficient (Wildman–Crippen LogP) is 1.24. The van der Waals surface area contributed by atoms with Crippen molar-refractivity contribution in [3.05, 3.63) is 35.9 Å². The number of benzene rings is 1. The Morgan fingerprint density at radius 2 is 1.88 bits per heavy atom. The van der Waals surface area contributed by atoms with E-state index in [4.69, 9.17) is 5.11 Å². The summed E-state index contributed by atoms with van der Waals surface area (Å²) in [5, 5.41) is 18.4. The summed E-state index contributed by atoms with van der Waals surface area (Å²) in [4.78, 5) is 10.6. The summed E-state index contributed by atoms with van der Waals surface area (Å²) in [6, 6.07) is 6.85. The Hall–Kier alpha value is -1.53. The maximum absolute atomic E-state index is 13.5. The van der Waals surface area contributed by atoms with E-state index in [0.717, 1.165) is 7.11 Å². The second-order valence-electron chi connectivity index (χ2n) is 3.54. The average molecular weight is 246 g/mol. The number of methoxy groups -OCH3 is 1. The molecule has 0 aromatic heterocycles. The van der Waals surface area contributed by atoms with Crippen molar-refractivity contribution >= 4 is 5.97 Å². The molecule has 0 fully saturated rings. The van der Waals surface area contributed by atoms with Crippen LogP contribution in [0.3, 0.4) is 0 Å². The van der Waals surface area contributed by atoms with Gasteiger partial charge in [0.1, 0.15) is 0 Å². The van der Waals surface area contributed by atoms with E-state index >= 15 is 0 Å². The van der Waals surface area contributed by atoms with E-state index in [1.54, 1.807) is 6.07 Å². The van der Waals surface area contributed by atoms with E-state index in [-0.39, 0.29) is 5.56 Å². The van der Waals surface area contributed by atoms with Crippen molar-refractivity contribution in [1.29, 1.82) is 0 Å². The van der Waals surface area contributed by atoms with Crippen molar-refractivity contribution in [2.75, 3.05) is 13.7 Å². The number of carboxylic acids is 1. The van der Waals surface area contributed by atoms with Gasteiger partial charge in [0.2, 0.25) is 0 Å². The molecule has 1 unspecified atom stereocenters. The summed E-state index contributed by atoms with van der Waals surface area (Å²) in [7, 11) is 1.10. The topological polar surface area (TPSA) is 66.8 Å². The predicted molar refractivity (Wildman–Crippen MR) is 54.8 cm³/mol. The number of aliphatic hydroxyl groups is 1. The number of ether oxygens (including phenoxy) is 1. The summed E-state index contributed by atoms with van der Waals surface area (Å²) in [6.45, 7) is -0.823. The molecule has 0 spiro atoms. The Kier molecular flexibility index (Phi) is 3.79. The van der Waals surface area contributed by atoms with E-state index in [1.807, 2.05) is 0 Å². The molecule has 6 heteroatoms. The van der Waals surface area contributed by atoms with Crippen molar-refractivity contribution in [3.8, 4) is 0 Å². The minimum Gasteiger partial charge on any atom is -0.477 e. The first-order valence-electron chi connectivity index (χ1n) is 4.74. The molecule has 0 aliphatic carbocycles. The monoisotopic (exact) mass is 246 g/mol. The van der Waals surface area contributed by atoms with Crippen LogP contribution in [0.4, 0.5) is 8.78 Å². The first kappa shape index (κ1) is 13.5. The van der Waals surface area contributed by atoms with Crippen molar-refractivity contribution in [3.63, 3.8) is 0 Å². The average Bonchev–Trinajstić information content (AvgIpc) is 2.30. The van der Waals surface area contributed by atoms with Crippen molar-refractivity contribution in [1.82, 2.24) is 0 Å². The smallest absolute Gasteiger partial charge is 0.378 e. The summed E-state index contributed by atoms with van der Waals surface area (Å²) >= 11 is 0. The lowest BCUT2D eigenvalue weighted by Gasteiger charge is -2.32. The number of rotatable bonds is 5. The third-order valence-corrected chi connectivity index (χ3v) is 2.39. The van der Waals surface area contributed by atoms with E-state index in [9.17, 15) is 18.7 Å². The van der Waals surface area contributed by atoms with Crippen LogP contribution in [0, 0.1) is 0 Å². The quantitative estimate of drug-likeness (QED) is 0.820. The van der Waals surface area contributed by atoms with Crippen molar-refractivity contribution < 1.29 is 28.5 Å². The zero-order chi connectivity index (χ0) is 13.1. The largest absolute Gasteiger partial charge is 0.477 e. The minimum atomic E-state index is -4.34. The number of carbonyl (C=O) groups is 1. The van der Waals surface area contributed by atoms with Crippen LogP contribution in [-0.2, 0) is 15.1 Å². The zero-order valence-electron chi connectivity index (χ0n) is 9.06. The fraction of sp³-hybridized carbons (Fsp3) is 0.364. The van der Waals surface area contributed by atoms with Gasteiger partial charge in [-0.15, -0.1) is 0 Å². The Morgan fingerprint density at radius 1 is 1.35 bits per heavy atom.